The lowest BCUT2D eigenvalue weighted by molar-refractivity contribution is -0.121. The molecule has 2 aliphatic carbocycles. The first-order valence-electron chi connectivity index (χ1n) is 9.16. The van der Waals surface area contributed by atoms with Crippen molar-refractivity contribution in [2.75, 3.05) is 0 Å². The van der Waals surface area contributed by atoms with Gasteiger partial charge in [0, 0.05) is 11.4 Å². The fourth-order valence-corrected chi connectivity index (χ4v) is 5.11. The summed E-state index contributed by atoms with van der Waals surface area (Å²) in [6, 6.07) is 4.35. The SMILES string of the molecule is Cc1cc(C)c2c(CC(=O)NC(C)C3CC4CCC3C4)noc2c1. The molecule has 128 valence electrons. The van der Waals surface area contributed by atoms with Crippen LogP contribution in [0.1, 0.15) is 49.4 Å². The minimum atomic E-state index is 0.0560. The van der Waals surface area contributed by atoms with Gasteiger partial charge >= 0.3 is 0 Å². The highest BCUT2D eigenvalue weighted by Crippen LogP contribution is 2.49. The van der Waals surface area contributed by atoms with Gasteiger partial charge in [0.25, 0.3) is 0 Å². The molecule has 1 heterocycles. The maximum Gasteiger partial charge on any atom is 0.226 e. The largest absolute Gasteiger partial charge is 0.356 e. The van der Waals surface area contributed by atoms with E-state index in [-0.39, 0.29) is 11.9 Å². The van der Waals surface area contributed by atoms with Crippen molar-refractivity contribution in [1.82, 2.24) is 10.5 Å². The summed E-state index contributed by atoms with van der Waals surface area (Å²) in [4.78, 5) is 12.5. The van der Waals surface area contributed by atoms with Crippen LogP contribution in [0.4, 0.5) is 0 Å². The summed E-state index contributed by atoms with van der Waals surface area (Å²) in [7, 11) is 0. The zero-order valence-electron chi connectivity index (χ0n) is 14.8. The molecule has 2 fully saturated rings. The molecule has 4 rings (SSSR count). The fraction of sp³-hybridized carbons (Fsp3) is 0.600. The van der Waals surface area contributed by atoms with Crippen LogP contribution >= 0.6 is 0 Å². The van der Waals surface area contributed by atoms with Crippen LogP contribution in [0.15, 0.2) is 16.7 Å². The van der Waals surface area contributed by atoms with Crippen molar-refractivity contribution < 1.29 is 9.32 Å². The Balaban J connectivity index is 1.45. The molecule has 4 nitrogen and oxygen atoms in total. The summed E-state index contributed by atoms with van der Waals surface area (Å²) in [5.74, 6) is 2.44. The van der Waals surface area contributed by atoms with Crippen LogP contribution in [-0.4, -0.2) is 17.1 Å². The summed E-state index contributed by atoms with van der Waals surface area (Å²) < 4.78 is 5.43. The Morgan fingerprint density at radius 2 is 2.17 bits per heavy atom. The first-order chi connectivity index (χ1) is 11.5. The maximum atomic E-state index is 12.5. The van der Waals surface area contributed by atoms with Crippen molar-refractivity contribution in [3.63, 3.8) is 0 Å². The quantitative estimate of drug-likeness (QED) is 0.926. The van der Waals surface area contributed by atoms with Crippen LogP contribution in [0, 0.1) is 31.6 Å². The highest BCUT2D eigenvalue weighted by molar-refractivity contribution is 5.88. The third-order valence-corrected chi connectivity index (χ3v) is 6.14. The number of nitrogens with one attached hydrogen (secondary N) is 1. The minimum Gasteiger partial charge on any atom is -0.356 e. The molecule has 0 aliphatic heterocycles. The topological polar surface area (TPSA) is 55.1 Å². The number of aromatic nitrogens is 1. The molecule has 24 heavy (non-hydrogen) atoms. The number of hydrogen-bond acceptors (Lipinski definition) is 3. The van der Waals surface area contributed by atoms with Gasteiger partial charge in [0.1, 0.15) is 5.69 Å². The molecule has 0 radical (unpaired) electrons. The summed E-state index contributed by atoms with van der Waals surface area (Å²) >= 11 is 0. The number of carbonyl (C=O) groups is 1. The number of amides is 1. The average Bonchev–Trinajstić information content (AvgIpc) is 3.22. The normalized spacial score (nSPS) is 26.9. The van der Waals surface area contributed by atoms with Gasteiger partial charge < -0.3 is 9.84 Å². The van der Waals surface area contributed by atoms with Crippen molar-refractivity contribution in [3.8, 4) is 0 Å². The predicted octanol–water partition coefficient (Wildman–Crippen LogP) is 3.93. The number of benzene rings is 1. The second-order valence-corrected chi connectivity index (χ2v) is 7.96. The van der Waals surface area contributed by atoms with E-state index in [1.807, 2.05) is 19.9 Å². The number of fused-ring (bicyclic) bond motifs is 3. The summed E-state index contributed by atoms with van der Waals surface area (Å²) in [5, 5.41) is 8.35. The number of rotatable bonds is 4. The Hall–Kier alpha value is -1.84. The number of carbonyl (C=O) groups excluding carboxylic acids is 1. The van der Waals surface area contributed by atoms with Crippen LogP contribution in [0.3, 0.4) is 0 Å². The smallest absolute Gasteiger partial charge is 0.226 e. The number of aryl methyl sites for hydroxylation is 2. The van der Waals surface area contributed by atoms with Gasteiger partial charge in [-0.1, -0.05) is 17.6 Å². The summed E-state index contributed by atoms with van der Waals surface area (Å²) in [6.07, 6.45) is 5.70. The molecule has 2 aromatic rings. The van der Waals surface area contributed by atoms with Crippen molar-refractivity contribution in [2.24, 2.45) is 17.8 Å². The van der Waals surface area contributed by atoms with Crippen molar-refractivity contribution in [2.45, 2.75) is 58.9 Å². The third kappa shape index (κ3) is 2.72. The zero-order valence-corrected chi connectivity index (χ0v) is 14.8. The maximum absolute atomic E-state index is 12.5. The van der Waals surface area contributed by atoms with Gasteiger partial charge in [0.05, 0.1) is 6.42 Å². The lowest BCUT2D eigenvalue weighted by Gasteiger charge is -2.28. The Morgan fingerprint density at radius 3 is 2.88 bits per heavy atom. The molecule has 1 aromatic heterocycles. The van der Waals surface area contributed by atoms with Gasteiger partial charge in [-0.2, -0.15) is 0 Å². The van der Waals surface area contributed by atoms with E-state index >= 15 is 0 Å². The van der Waals surface area contributed by atoms with E-state index in [1.165, 1.54) is 25.7 Å². The fourth-order valence-electron chi connectivity index (χ4n) is 5.11. The van der Waals surface area contributed by atoms with Gasteiger partial charge in [0.15, 0.2) is 5.58 Å². The lowest BCUT2D eigenvalue weighted by atomic mass is 9.84. The zero-order chi connectivity index (χ0) is 16.8. The molecular formula is C20H26N2O2. The number of nitrogens with zero attached hydrogens (tertiary/aromatic N) is 1. The first kappa shape index (κ1) is 15.7. The second-order valence-electron chi connectivity index (χ2n) is 7.96. The van der Waals surface area contributed by atoms with Gasteiger partial charge in [-0.25, -0.2) is 0 Å². The molecule has 4 unspecified atom stereocenters. The van der Waals surface area contributed by atoms with Crippen LogP contribution in [0.2, 0.25) is 0 Å². The van der Waals surface area contributed by atoms with Gasteiger partial charge in [-0.15, -0.1) is 0 Å². The van der Waals surface area contributed by atoms with Gasteiger partial charge in [-0.3, -0.25) is 4.79 Å². The number of hydrogen-bond donors (Lipinski definition) is 1. The van der Waals surface area contributed by atoms with Crippen LogP contribution < -0.4 is 5.32 Å². The lowest BCUT2D eigenvalue weighted by Crippen LogP contribution is -2.40. The first-order valence-corrected chi connectivity index (χ1v) is 9.16. The van der Waals surface area contributed by atoms with Crippen molar-refractivity contribution in [3.05, 3.63) is 29.0 Å². The molecule has 4 heteroatoms. The second kappa shape index (κ2) is 5.91. The van der Waals surface area contributed by atoms with E-state index in [2.05, 4.69) is 23.5 Å². The predicted molar refractivity (Wildman–Crippen MR) is 93.7 cm³/mol. The van der Waals surface area contributed by atoms with E-state index in [1.54, 1.807) is 0 Å². The van der Waals surface area contributed by atoms with E-state index in [9.17, 15) is 4.79 Å². The average molecular weight is 326 g/mol. The monoisotopic (exact) mass is 326 g/mol. The van der Waals surface area contributed by atoms with Crippen molar-refractivity contribution >= 4 is 16.9 Å². The molecule has 0 spiro atoms. The van der Waals surface area contributed by atoms with E-state index in [0.717, 1.165) is 39.6 Å². The summed E-state index contributed by atoms with van der Waals surface area (Å²) in [6.45, 7) is 6.25. The van der Waals surface area contributed by atoms with E-state index < -0.39 is 0 Å². The van der Waals surface area contributed by atoms with Crippen LogP contribution in [0.5, 0.6) is 0 Å². The Bertz CT molecular complexity index is 779. The van der Waals surface area contributed by atoms with Crippen LogP contribution in [-0.2, 0) is 11.2 Å². The molecule has 1 N–H and O–H groups in total. The highest BCUT2D eigenvalue weighted by Gasteiger charge is 2.42. The molecule has 1 aromatic carbocycles. The molecule has 1 amide bonds. The molecule has 2 aliphatic rings. The van der Waals surface area contributed by atoms with Crippen molar-refractivity contribution in [1.29, 1.82) is 0 Å². The molecule has 2 saturated carbocycles. The molecule has 2 bridgehead atoms. The van der Waals surface area contributed by atoms with Crippen LogP contribution in [0.25, 0.3) is 11.0 Å². The Kier molecular flexibility index (Phi) is 3.86. The molecular weight excluding hydrogens is 300 g/mol. The van der Waals surface area contributed by atoms with E-state index in [0.29, 0.717) is 12.3 Å². The van der Waals surface area contributed by atoms with Gasteiger partial charge in [-0.05, 0) is 75.0 Å². The minimum absolute atomic E-state index is 0.0560. The molecule has 4 atom stereocenters. The van der Waals surface area contributed by atoms with Gasteiger partial charge in [0.2, 0.25) is 5.91 Å². The Morgan fingerprint density at radius 1 is 1.33 bits per heavy atom. The highest BCUT2D eigenvalue weighted by atomic mass is 16.5. The molecule has 0 saturated heterocycles. The summed E-state index contributed by atoms with van der Waals surface area (Å²) in [5.41, 5.74) is 3.80. The third-order valence-electron chi connectivity index (χ3n) is 6.14. The van der Waals surface area contributed by atoms with E-state index in [4.69, 9.17) is 4.52 Å². The Labute approximate surface area is 143 Å². The standard InChI is InChI=1S/C20H26N2O2/c1-11-6-12(2)20-17(22-24-18(20)7-11)10-19(23)21-13(3)16-9-14-4-5-15(16)8-14/h6-7,13-16H,4-5,8-10H2,1-3H3,(H,21,23).